The second-order valence-electron chi connectivity index (χ2n) is 7.51. The van der Waals surface area contributed by atoms with Gasteiger partial charge in [0.2, 0.25) is 0 Å². The SMILES string of the molecule is CCCC1N([O-])C2=C(CN(C)S(=O)N2CCCCCCOc2ccc(Cl)cc2)N1Cl. The van der Waals surface area contributed by atoms with Gasteiger partial charge in [0, 0.05) is 30.4 Å². The van der Waals surface area contributed by atoms with E-state index < -0.39 is 17.3 Å². The number of benzene rings is 1. The second-order valence-corrected chi connectivity index (χ2v) is 9.84. The first-order valence-electron chi connectivity index (χ1n) is 10.4. The molecular weight excluding hydrogens is 447 g/mol. The molecule has 0 saturated heterocycles. The molecule has 0 amide bonds. The lowest BCUT2D eigenvalue weighted by Crippen LogP contribution is -2.45. The molecule has 0 spiro atoms. The van der Waals surface area contributed by atoms with E-state index in [0.717, 1.165) is 48.6 Å². The Balaban J connectivity index is 1.46. The van der Waals surface area contributed by atoms with Crippen LogP contribution in [0.4, 0.5) is 0 Å². The highest BCUT2D eigenvalue weighted by Crippen LogP contribution is 2.38. The van der Waals surface area contributed by atoms with Crippen LogP contribution in [0.25, 0.3) is 0 Å². The van der Waals surface area contributed by atoms with Gasteiger partial charge in [0.1, 0.15) is 17.7 Å². The Kier molecular flexibility index (Phi) is 8.53. The van der Waals surface area contributed by atoms with Crippen LogP contribution < -0.4 is 4.74 Å². The molecule has 0 aromatic heterocycles. The summed E-state index contributed by atoms with van der Waals surface area (Å²) >= 11 is 10.9. The number of unbranched alkanes of at least 4 members (excludes halogenated alkanes) is 3. The molecule has 0 N–H and O–H groups in total. The Morgan fingerprint density at radius 3 is 2.60 bits per heavy atom. The Hall–Kier alpha value is -1.19. The first-order valence-corrected chi connectivity index (χ1v) is 12.2. The van der Waals surface area contributed by atoms with Crippen LogP contribution in [-0.4, -0.2) is 55.2 Å². The van der Waals surface area contributed by atoms with Gasteiger partial charge in [0.15, 0.2) is 11.2 Å². The predicted molar refractivity (Wildman–Crippen MR) is 122 cm³/mol. The van der Waals surface area contributed by atoms with Crippen LogP contribution in [0.2, 0.25) is 5.02 Å². The van der Waals surface area contributed by atoms with Gasteiger partial charge in [0.25, 0.3) is 0 Å². The fraction of sp³-hybridized carbons (Fsp3) is 0.600. The number of likely N-dealkylation sites (N-methyl/N-ethyl adjacent to an activating group) is 1. The second kappa shape index (κ2) is 10.9. The van der Waals surface area contributed by atoms with E-state index in [9.17, 15) is 9.42 Å². The monoisotopic (exact) mass is 475 g/mol. The van der Waals surface area contributed by atoms with Crippen molar-refractivity contribution in [2.24, 2.45) is 0 Å². The third-order valence-electron chi connectivity index (χ3n) is 5.21. The summed E-state index contributed by atoms with van der Waals surface area (Å²) in [4.78, 5) is 0. The molecule has 7 nitrogen and oxygen atoms in total. The molecule has 3 rings (SSSR count). The Bertz CT molecular complexity index is 765. The number of hydroxylamine groups is 2. The summed E-state index contributed by atoms with van der Waals surface area (Å²) in [5.41, 5.74) is 0.739. The van der Waals surface area contributed by atoms with Crippen LogP contribution in [0, 0.1) is 5.21 Å². The van der Waals surface area contributed by atoms with Gasteiger partial charge in [-0.05, 0) is 43.5 Å². The number of hydrogen-bond acceptors (Lipinski definition) is 5. The van der Waals surface area contributed by atoms with Gasteiger partial charge in [-0.1, -0.05) is 37.8 Å². The van der Waals surface area contributed by atoms with Crippen molar-refractivity contribution in [2.45, 2.75) is 51.6 Å². The van der Waals surface area contributed by atoms with Gasteiger partial charge in [-0.2, -0.15) is 0 Å². The maximum Gasteiger partial charge on any atom is 0.200 e. The lowest BCUT2D eigenvalue weighted by atomic mass is 10.2. The van der Waals surface area contributed by atoms with E-state index in [1.165, 1.54) is 4.42 Å². The summed E-state index contributed by atoms with van der Waals surface area (Å²) < 4.78 is 23.5. The zero-order valence-electron chi connectivity index (χ0n) is 17.4. The van der Waals surface area contributed by atoms with Crippen molar-refractivity contribution in [1.29, 1.82) is 0 Å². The van der Waals surface area contributed by atoms with Crippen LogP contribution in [0.3, 0.4) is 0 Å². The molecule has 30 heavy (non-hydrogen) atoms. The largest absolute Gasteiger partial charge is 0.756 e. The van der Waals surface area contributed by atoms with Crippen LogP contribution in [-0.2, 0) is 11.2 Å². The molecule has 1 aromatic carbocycles. The minimum absolute atomic E-state index is 0.406. The van der Waals surface area contributed by atoms with Gasteiger partial charge >= 0.3 is 0 Å². The molecule has 0 radical (unpaired) electrons. The Labute approximate surface area is 191 Å². The maximum atomic E-state index is 12.8. The highest BCUT2D eigenvalue weighted by molar-refractivity contribution is 7.80. The van der Waals surface area contributed by atoms with Crippen molar-refractivity contribution in [1.82, 2.24) is 18.1 Å². The van der Waals surface area contributed by atoms with E-state index >= 15 is 0 Å². The van der Waals surface area contributed by atoms with E-state index in [-0.39, 0.29) is 0 Å². The molecule has 0 aliphatic carbocycles. The summed E-state index contributed by atoms with van der Waals surface area (Å²) in [6, 6.07) is 7.34. The van der Waals surface area contributed by atoms with Crippen LogP contribution in [0.1, 0.15) is 45.4 Å². The summed E-state index contributed by atoms with van der Waals surface area (Å²) in [6.45, 7) is 3.62. The van der Waals surface area contributed by atoms with Gasteiger partial charge in [0.05, 0.1) is 18.8 Å². The van der Waals surface area contributed by atoms with Crippen LogP contribution in [0.15, 0.2) is 35.8 Å². The van der Waals surface area contributed by atoms with Crippen molar-refractivity contribution >= 4 is 34.5 Å². The lowest BCUT2D eigenvalue weighted by molar-refractivity contribution is 0.225. The number of halogens is 2. The van der Waals surface area contributed by atoms with Crippen molar-refractivity contribution in [3.8, 4) is 5.75 Å². The van der Waals surface area contributed by atoms with Crippen molar-refractivity contribution in [3.05, 3.63) is 46.0 Å². The number of nitrogens with zero attached hydrogens (tertiary/aromatic N) is 4. The van der Waals surface area contributed by atoms with Crippen molar-refractivity contribution in [2.75, 3.05) is 26.7 Å². The Morgan fingerprint density at radius 1 is 1.20 bits per heavy atom. The molecule has 2 aliphatic heterocycles. The van der Waals surface area contributed by atoms with E-state index in [4.69, 9.17) is 28.1 Å². The minimum Gasteiger partial charge on any atom is -0.756 e. The van der Waals surface area contributed by atoms with Gasteiger partial charge in [-0.3, -0.25) is 8.72 Å². The van der Waals surface area contributed by atoms with Gasteiger partial charge < -0.3 is 15.0 Å². The number of hydrogen-bond donors (Lipinski definition) is 0. The fourth-order valence-corrected chi connectivity index (χ4v) is 5.26. The molecule has 1 aromatic rings. The molecule has 0 fully saturated rings. The third kappa shape index (κ3) is 5.34. The van der Waals surface area contributed by atoms with E-state index in [2.05, 4.69) is 0 Å². The minimum atomic E-state index is -1.38. The summed E-state index contributed by atoms with van der Waals surface area (Å²) in [7, 11) is 1.79. The zero-order valence-corrected chi connectivity index (χ0v) is 19.8. The number of ether oxygens (including phenoxy) is 1. The first kappa shape index (κ1) is 23.5. The third-order valence-corrected chi connectivity index (χ3v) is 7.28. The lowest BCUT2D eigenvalue weighted by Gasteiger charge is -2.41. The van der Waals surface area contributed by atoms with E-state index in [0.29, 0.717) is 37.0 Å². The molecule has 0 saturated carbocycles. The molecular formula is C20H29Cl2N4O3S-. The van der Waals surface area contributed by atoms with Gasteiger partial charge in [-0.25, -0.2) is 8.51 Å². The average molecular weight is 476 g/mol. The smallest absolute Gasteiger partial charge is 0.200 e. The van der Waals surface area contributed by atoms with Gasteiger partial charge in [-0.15, -0.1) is 0 Å². The van der Waals surface area contributed by atoms with E-state index in [1.54, 1.807) is 15.7 Å². The average Bonchev–Trinajstić information content (AvgIpc) is 2.96. The van der Waals surface area contributed by atoms with E-state index in [1.807, 2.05) is 31.2 Å². The maximum absolute atomic E-state index is 12.8. The predicted octanol–water partition coefficient (Wildman–Crippen LogP) is 4.67. The zero-order chi connectivity index (χ0) is 21.7. The fourth-order valence-electron chi connectivity index (χ4n) is 3.64. The molecule has 2 aliphatic rings. The molecule has 0 bridgehead atoms. The van der Waals surface area contributed by atoms with Crippen LogP contribution >= 0.6 is 23.4 Å². The first-order chi connectivity index (χ1) is 14.4. The quantitative estimate of drug-likeness (QED) is 0.363. The van der Waals surface area contributed by atoms with Crippen molar-refractivity contribution < 1.29 is 8.95 Å². The topological polar surface area (TPSA) is 62.3 Å². The summed E-state index contributed by atoms with van der Waals surface area (Å²) in [6.07, 6.45) is 4.82. The normalized spacial score (nSPS) is 22.1. The molecule has 2 unspecified atom stereocenters. The highest BCUT2D eigenvalue weighted by atomic mass is 35.5. The summed E-state index contributed by atoms with van der Waals surface area (Å²) in [5.74, 6) is 1.28. The number of rotatable bonds is 10. The molecule has 10 heteroatoms. The molecule has 2 atom stereocenters. The Morgan fingerprint density at radius 2 is 1.90 bits per heavy atom. The standard InChI is InChI=1S/C20H29Cl2N4O3S/c1-3-8-19-25(22)18-15-23(2)30(28)24(20(18)26(19)27)13-6-4-5-7-14-29-17-11-9-16(21)10-12-17/h9-12,19H,3-8,13-15H2,1-2H3/q-1. The highest BCUT2D eigenvalue weighted by Gasteiger charge is 2.41. The molecule has 2 heterocycles. The van der Waals surface area contributed by atoms with Crippen LogP contribution in [0.5, 0.6) is 5.75 Å². The molecule has 168 valence electrons. The van der Waals surface area contributed by atoms with Crippen molar-refractivity contribution in [3.63, 3.8) is 0 Å². The summed E-state index contributed by atoms with van der Waals surface area (Å²) in [5, 5.41) is 14.5.